The van der Waals surface area contributed by atoms with Crippen LogP contribution in [0.5, 0.6) is 0 Å². The summed E-state index contributed by atoms with van der Waals surface area (Å²) < 4.78 is 24.7. The van der Waals surface area contributed by atoms with Gasteiger partial charge in [-0.25, -0.2) is 0 Å². The van der Waals surface area contributed by atoms with Crippen LogP contribution in [0.3, 0.4) is 0 Å². The van der Waals surface area contributed by atoms with E-state index in [1.165, 1.54) is 0 Å². The van der Waals surface area contributed by atoms with Crippen LogP contribution in [0, 0.1) is 13.8 Å². The van der Waals surface area contributed by atoms with Crippen LogP contribution in [0.15, 0.2) is 52.5 Å². The highest BCUT2D eigenvalue weighted by Crippen LogP contribution is 2.17. The molecule has 1 N–H and O–H groups in total. The van der Waals surface area contributed by atoms with Gasteiger partial charge in [0.1, 0.15) is 0 Å². The van der Waals surface area contributed by atoms with Crippen LogP contribution >= 0.6 is 11.6 Å². The fourth-order valence-corrected chi connectivity index (χ4v) is 3.24. The monoisotopic (exact) mass is 336 g/mol. The molecule has 0 heterocycles. The van der Waals surface area contributed by atoms with Crippen molar-refractivity contribution in [1.29, 1.82) is 0 Å². The number of rotatable bonds is 4. The predicted octanol–water partition coefficient (Wildman–Crippen LogP) is 3.66. The van der Waals surface area contributed by atoms with Crippen LogP contribution in [0.4, 0.5) is 0 Å². The Morgan fingerprint density at radius 2 is 1.73 bits per heavy atom. The minimum atomic E-state index is -3.69. The summed E-state index contributed by atoms with van der Waals surface area (Å²) in [6, 6.07) is 12.3. The number of halogens is 1. The third-order valence-electron chi connectivity index (χ3n) is 3.23. The van der Waals surface area contributed by atoms with Crippen LogP contribution in [0.1, 0.15) is 23.6 Å². The average Bonchev–Trinajstić information content (AvgIpc) is 2.48. The van der Waals surface area contributed by atoms with E-state index in [1.807, 2.05) is 13.0 Å². The van der Waals surface area contributed by atoms with Gasteiger partial charge in [-0.3, -0.25) is 0 Å². The van der Waals surface area contributed by atoms with Crippen LogP contribution in [0.2, 0.25) is 5.02 Å². The second-order valence-corrected chi connectivity index (χ2v) is 7.13. The Kier molecular flexibility index (Phi) is 4.88. The minimum absolute atomic E-state index is 0.236. The molecule has 2 aromatic rings. The molecule has 2 rings (SSSR count). The number of aryl methyl sites for hydroxylation is 2. The van der Waals surface area contributed by atoms with E-state index in [1.54, 1.807) is 50.2 Å². The number of hydrazone groups is 1. The average molecular weight is 337 g/mol. The number of hydrogen-bond donors (Lipinski definition) is 1. The van der Waals surface area contributed by atoms with Gasteiger partial charge in [0, 0.05) is 5.02 Å². The van der Waals surface area contributed by atoms with Gasteiger partial charge in [-0.2, -0.15) is 18.4 Å². The first kappa shape index (κ1) is 16.5. The summed E-state index contributed by atoms with van der Waals surface area (Å²) in [4.78, 5) is 2.52. The second kappa shape index (κ2) is 6.50. The quantitative estimate of drug-likeness (QED) is 0.684. The molecule has 0 fully saturated rings. The Balaban J connectivity index is 2.27. The predicted molar refractivity (Wildman–Crippen MR) is 89.9 cm³/mol. The van der Waals surface area contributed by atoms with Gasteiger partial charge in [-0.05, 0) is 55.7 Å². The number of nitrogens with zero attached hydrogens (tertiary/aromatic N) is 1. The van der Waals surface area contributed by atoms with Crippen molar-refractivity contribution in [1.82, 2.24) is 4.83 Å². The first-order valence-electron chi connectivity index (χ1n) is 6.69. The van der Waals surface area contributed by atoms with Crippen LogP contribution in [-0.2, 0) is 10.0 Å². The van der Waals surface area contributed by atoms with E-state index in [2.05, 4.69) is 9.93 Å². The molecule has 116 valence electrons. The number of nitrogens with one attached hydrogen (secondary N) is 1. The maximum atomic E-state index is 12.4. The smallest absolute Gasteiger partial charge is 0.200 e. The molecule has 4 nitrogen and oxygen atoms in total. The minimum Gasteiger partial charge on any atom is -0.200 e. The fraction of sp³-hybridized carbons (Fsp3) is 0.188. The molecule has 0 aliphatic carbocycles. The molecule has 0 atom stereocenters. The lowest BCUT2D eigenvalue weighted by Crippen LogP contribution is -2.21. The Bertz CT molecular complexity index is 813. The summed E-state index contributed by atoms with van der Waals surface area (Å²) in [5, 5.41) is 4.60. The second-order valence-electron chi connectivity index (χ2n) is 5.07. The van der Waals surface area contributed by atoms with Gasteiger partial charge in [0.05, 0.1) is 10.6 Å². The zero-order chi connectivity index (χ0) is 16.3. The van der Waals surface area contributed by atoms with Crippen molar-refractivity contribution in [2.45, 2.75) is 25.7 Å². The van der Waals surface area contributed by atoms with Gasteiger partial charge in [-0.1, -0.05) is 35.9 Å². The van der Waals surface area contributed by atoms with Crippen molar-refractivity contribution in [3.05, 3.63) is 64.2 Å². The zero-order valence-electron chi connectivity index (χ0n) is 12.6. The van der Waals surface area contributed by atoms with Crippen LogP contribution in [-0.4, -0.2) is 14.1 Å². The molecule has 0 saturated heterocycles. The van der Waals surface area contributed by atoms with Crippen molar-refractivity contribution in [3.63, 3.8) is 0 Å². The molecule has 6 heteroatoms. The third-order valence-corrected chi connectivity index (χ3v) is 4.83. The van der Waals surface area contributed by atoms with Crippen molar-refractivity contribution >= 4 is 27.3 Å². The number of benzene rings is 2. The first-order valence-corrected chi connectivity index (χ1v) is 8.55. The molecule has 0 unspecified atom stereocenters. The highest BCUT2D eigenvalue weighted by molar-refractivity contribution is 7.89. The summed E-state index contributed by atoms with van der Waals surface area (Å²) >= 11 is 5.83. The zero-order valence-corrected chi connectivity index (χ0v) is 14.2. The lowest BCUT2D eigenvalue weighted by molar-refractivity contribution is 0.583. The molecule has 22 heavy (non-hydrogen) atoms. The van der Waals surface area contributed by atoms with Crippen LogP contribution < -0.4 is 4.83 Å². The van der Waals surface area contributed by atoms with E-state index in [0.29, 0.717) is 16.3 Å². The van der Waals surface area contributed by atoms with Gasteiger partial charge in [-0.15, -0.1) is 0 Å². The third kappa shape index (κ3) is 3.87. The molecule has 0 aliphatic rings. The Labute approximate surface area is 135 Å². The molecular weight excluding hydrogens is 320 g/mol. The highest BCUT2D eigenvalue weighted by Gasteiger charge is 2.16. The number of hydrogen-bond acceptors (Lipinski definition) is 3. The largest absolute Gasteiger partial charge is 0.276 e. The van der Waals surface area contributed by atoms with E-state index in [0.717, 1.165) is 11.1 Å². The Hall–Kier alpha value is -1.85. The van der Waals surface area contributed by atoms with Gasteiger partial charge >= 0.3 is 0 Å². The van der Waals surface area contributed by atoms with Crippen molar-refractivity contribution in [2.75, 3.05) is 0 Å². The van der Waals surface area contributed by atoms with Gasteiger partial charge in [0.25, 0.3) is 10.0 Å². The lowest BCUT2D eigenvalue weighted by Gasteiger charge is -2.09. The Morgan fingerprint density at radius 1 is 1.09 bits per heavy atom. The van der Waals surface area contributed by atoms with E-state index in [4.69, 9.17) is 11.6 Å². The standard InChI is InChI=1S/C16H17ClN2O2S/c1-11-4-5-12(2)16(10-11)22(20,21)19-18-13(3)14-6-8-15(17)9-7-14/h4-10,19H,1-3H3. The molecule has 0 radical (unpaired) electrons. The SMILES string of the molecule is CC(=NNS(=O)(=O)c1cc(C)ccc1C)c1ccc(Cl)cc1. The van der Waals surface area contributed by atoms with Gasteiger partial charge < -0.3 is 0 Å². The van der Waals surface area contributed by atoms with Gasteiger partial charge in [0.15, 0.2) is 0 Å². The summed E-state index contributed by atoms with van der Waals surface area (Å²) in [6.07, 6.45) is 0. The lowest BCUT2D eigenvalue weighted by atomic mass is 10.1. The molecule has 0 saturated carbocycles. The topological polar surface area (TPSA) is 58.5 Å². The maximum absolute atomic E-state index is 12.4. The fourth-order valence-electron chi connectivity index (χ4n) is 1.93. The van der Waals surface area contributed by atoms with Crippen molar-refractivity contribution in [3.8, 4) is 0 Å². The summed E-state index contributed by atoms with van der Waals surface area (Å²) in [5.74, 6) is 0. The Morgan fingerprint density at radius 3 is 2.36 bits per heavy atom. The summed E-state index contributed by atoms with van der Waals surface area (Å²) in [7, 11) is -3.69. The van der Waals surface area contributed by atoms with Crippen LogP contribution in [0.25, 0.3) is 0 Å². The molecule has 0 aliphatic heterocycles. The van der Waals surface area contributed by atoms with E-state index < -0.39 is 10.0 Å². The van der Waals surface area contributed by atoms with E-state index in [9.17, 15) is 8.42 Å². The maximum Gasteiger partial charge on any atom is 0.276 e. The molecule has 0 bridgehead atoms. The number of sulfonamides is 1. The van der Waals surface area contributed by atoms with Crippen molar-refractivity contribution < 1.29 is 8.42 Å². The summed E-state index contributed by atoms with van der Waals surface area (Å²) in [5.41, 5.74) is 2.92. The van der Waals surface area contributed by atoms with Crippen molar-refractivity contribution in [2.24, 2.45) is 5.10 Å². The van der Waals surface area contributed by atoms with E-state index in [-0.39, 0.29) is 4.90 Å². The molecule has 0 spiro atoms. The molecule has 2 aromatic carbocycles. The molecule has 0 amide bonds. The first-order chi connectivity index (χ1) is 10.3. The van der Waals surface area contributed by atoms with E-state index >= 15 is 0 Å². The highest BCUT2D eigenvalue weighted by atomic mass is 35.5. The molecular formula is C16H17ClN2O2S. The molecule has 0 aromatic heterocycles. The normalized spacial score (nSPS) is 12.3. The van der Waals surface area contributed by atoms with Gasteiger partial charge in [0.2, 0.25) is 0 Å². The summed E-state index contributed by atoms with van der Waals surface area (Å²) in [6.45, 7) is 5.33.